The Hall–Kier alpha value is -1.56. The number of alkyl halides is 2. The van der Waals surface area contributed by atoms with Crippen molar-refractivity contribution in [1.82, 2.24) is 4.98 Å². The number of pyridine rings is 1. The number of hydrogen-bond acceptors (Lipinski definition) is 4. The summed E-state index contributed by atoms with van der Waals surface area (Å²) in [6.45, 7) is 3.44. The Kier molecular flexibility index (Phi) is 5.15. The Labute approximate surface area is 104 Å². The molecule has 4 nitrogen and oxygen atoms in total. The fraction of sp³-hybridized carbons (Fsp3) is 0.500. The fourth-order valence-electron chi connectivity index (χ4n) is 1.74. The van der Waals surface area contributed by atoms with Gasteiger partial charge in [0.15, 0.2) is 0 Å². The van der Waals surface area contributed by atoms with E-state index >= 15 is 0 Å². The summed E-state index contributed by atoms with van der Waals surface area (Å²) in [5.74, 6) is -0.433. The minimum atomic E-state index is -2.62. The van der Waals surface area contributed by atoms with Crippen LogP contribution in [0, 0.1) is 6.92 Å². The van der Waals surface area contributed by atoms with Crippen molar-refractivity contribution >= 4 is 5.97 Å². The zero-order valence-corrected chi connectivity index (χ0v) is 10.4. The highest BCUT2D eigenvalue weighted by Crippen LogP contribution is 2.26. The summed E-state index contributed by atoms with van der Waals surface area (Å²) in [6.07, 6.45) is -2.65. The maximum absolute atomic E-state index is 12.8. The Balaban J connectivity index is 3.03. The first-order valence-corrected chi connectivity index (χ1v) is 5.62. The van der Waals surface area contributed by atoms with Gasteiger partial charge in [0, 0.05) is 17.8 Å². The second-order valence-electron chi connectivity index (χ2n) is 3.76. The smallest absolute Gasteiger partial charge is 0.311 e. The number of halogens is 2. The molecule has 0 spiro atoms. The summed E-state index contributed by atoms with van der Waals surface area (Å²) in [7, 11) is 0. The van der Waals surface area contributed by atoms with Gasteiger partial charge in [-0.2, -0.15) is 0 Å². The van der Waals surface area contributed by atoms with Crippen LogP contribution in [0.15, 0.2) is 6.07 Å². The Morgan fingerprint density at radius 1 is 1.56 bits per heavy atom. The molecule has 0 aliphatic heterocycles. The van der Waals surface area contributed by atoms with Gasteiger partial charge in [-0.1, -0.05) is 0 Å². The molecule has 0 saturated carbocycles. The summed E-state index contributed by atoms with van der Waals surface area (Å²) < 4.78 is 30.4. The third-order valence-corrected chi connectivity index (χ3v) is 2.46. The second kappa shape index (κ2) is 6.39. The number of carbonyl (C=O) groups excluding carboxylic acids is 1. The van der Waals surface area contributed by atoms with E-state index < -0.39 is 12.4 Å². The normalized spacial score (nSPS) is 10.8. The van der Waals surface area contributed by atoms with Gasteiger partial charge < -0.3 is 10.5 Å². The molecule has 18 heavy (non-hydrogen) atoms. The van der Waals surface area contributed by atoms with Crippen molar-refractivity contribution < 1.29 is 18.3 Å². The summed E-state index contributed by atoms with van der Waals surface area (Å²) in [5.41, 5.74) is 6.21. The molecule has 0 bridgehead atoms. The zero-order valence-electron chi connectivity index (χ0n) is 10.4. The zero-order chi connectivity index (χ0) is 13.7. The molecule has 0 aliphatic rings. The van der Waals surface area contributed by atoms with Gasteiger partial charge in [0.25, 0.3) is 6.43 Å². The van der Waals surface area contributed by atoms with Crippen LogP contribution in [-0.2, 0) is 22.5 Å². The lowest BCUT2D eigenvalue weighted by Crippen LogP contribution is -2.12. The van der Waals surface area contributed by atoms with Crippen molar-refractivity contribution in [3.8, 4) is 0 Å². The van der Waals surface area contributed by atoms with Crippen LogP contribution in [-0.4, -0.2) is 17.6 Å². The van der Waals surface area contributed by atoms with Crippen LogP contribution in [0.2, 0.25) is 0 Å². The second-order valence-corrected chi connectivity index (χ2v) is 3.76. The molecule has 0 unspecified atom stereocenters. The van der Waals surface area contributed by atoms with Crippen LogP contribution in [0.4, 0.5) is 8.78 Å². The first-order chi connectivity index (χ1) is 8.49. The first-order valence-electron chi connectivity index (χ1n) is 5.62. The number of rotatable bonds is 5. The first kappa shape index (κ1) is 14.5. The lowest BCUT2D eigenvalue weighted by Gasteiger charge is -2.12. The third-order valence-electron chi connectivity index (χ3n) is 2.46. The number of aromatic nitrogens is 1. The molecular formula is C12H16F2N2O2. The largest absolute Gasteiger partial charge is 0.466 e. The predicted molar refractivity (Wildman–Crippen MR) is 62.2 cm³/mol. The Bertz CT molecular complexity index is 436. The van der Waals surface area contributed by atoms with Gasteiger partial charge in [0.2, 0.25) is 0 Å². The molecule has 0 saturated heterocycles. The molecule has 1 aromatic rings. The van der Waals surface area contributed by atoms with E-state index in [0.29, 0.717) is 11.3 Å². The number of nitrogens with two attached hydrogens (primary N) is 1. The van der Waals surface area contributed by atoms with Crippen molar-refractivity contribution in [2.24, 2.45) is 5.73 Å². The third kappa shape index (κ3) is 3.46. The monoisotopic (exact) mass is 258 g/mol. The maximum Gasteiger partial charge on any atom is 0.311 e. The van der Waals surface area contributed by atoms with E-state index in [9.17, 15) is 13.6 Å². The van der Waals surface area contributed by atoms with Crippen LogP contribution < -0.4 is 5.73 Å². The van der Waals surface area contributed by atoms with Crippen molar-refractivity contribution in [3.05, 3.63) is 28.6 Å². The summed E-state index contributed by atoms with van der Waals surface area (Å²) >= 11 is 0. The van der Waals surface area contributed by atoms with Crippen LogP contribution in [0.1, 0.15) is 35.9 Å². The molecule has 100 valence electrons. The molecule has 2 N–H and O–H groups in total. The summed E-state index contributed by atoms with van der Waals surface area (Å²) in [5, 5.41) is 0. The van der Waals surface area contributed by atoms with Crippen LogP contribution in [0.25, 0.3) is 0 Å². The van der Waals surface area contributed by atoms with Crippen molar-refractivity contribution in [3.63, 3.8) is 0 Å². The number of carbonyl (C=O) groups is 1. The molecule has 0 fully saturated rings. The van der Waals surface area contributed by atoms with Gasteiger partial charge in [-0.05, 0) is 25.5 Å². The van der Waals surface area contributed by atoms with E-state index in [4.69, 9.17) is 10.5 Å². The average Bonchev–Trinajstić information content (AvgIpc) is 2.27. The number of esters is 1. The predicted octanol–water partition coefficient (Wildman–Crippen LogP) is 1.89. The van der Waals surface area contributed by atoms with E-state index in [1.54, 1.807) is 6.92 Å². The van der Waals surface area contributed by atoms with Crippen molar-refractivity contribution in [2.75, 3.05) is 6.61 Å². The Morgan fingerprint density at radius 2 is 2.22 bits per heavy atom. The molecule has 0 aromatic carbocycles. The number of ether oxygens (including phenoxy) is 1. The van der Waals surface area contributed by atoms with Gasteiger partial charge in [0.1, 0.15) is 0 Å². The molecule has 1 aromatic heterocycles. The quantitative estimate of drug-likeness (QED) is 0.819. The number of aryl methyl sites for hydroxylation is 1. The highest BCUT2D eigenvalue weighted by molar-refractivity contribution is 5.72. The molecule has 0 radical (unpaired) electrons. The summed E-state index contributed by atoms with van der Waals surface area (Å²) in [6, 6.07) is 1.44. The van der Waals surface area contributed by atoms with E-state index in [2.05, 4.69) is 4.98 Å². The van der Waals surface area contributed by atoms with Gasteiger partial charge >= 0.3 is 5.97 Å². The fourth-order valence-corrected chi connectivity index (χ4v) is 1.74. The van der Waals surface area contributed by atoms with Gasteiger partial charge in [0.05, 0.1) is 18.7 Å². The van der Waals surface area contributed by atoms with E-state index in [1.807, 2.05) is 0 Å². The van der Waals surface area contributed by atoms with E-state index in [0.717, 1.165) is 0 Å². The molecule has 6 heteroatoms. The van der Waals surface area contributed by atoms with E-state index in [1.165, 1.54) is 13.0 Å². The van der Waals surface area contributed by atoms with Gasteiger partial charge in [-0.3, -0.25) is 9.78 Å². The minimum absolute atomic E-state index is 0.0150. The lowest BCUT2D eigenvalue weighted by molar-refractivity contribution is -0.142. The summed E-state index contributed by atoms with van der Waals surface area (Å²) in [4.78, 5) is 15.3. The van der Waals surface area contributed by atoms with Crippen molar-refractivity contribution in [2.45, 2.75) is 33.2 Å². The highest BCUT2D eigenvalue weighted by Gasteiger charge is 2.18. The topological polar surface area (TPSA) is 65.2 Å². The molecule has 0 aliphatic carbocycles. The molecule has 0 amide bonds. The Morgan fingerprint density at radius 3 is 2.72 bits per heavy atom. The van der Waals surface area contributed by atoms with E-state index in [-0.39, 0.29) is 30.8 Å². The molecule has 1 rings (SSSR count). The van der Waals surface area contributed by atoms with Gasteiger partial charge in [-0.15, -0.1) is 0 Å². The number of hydrogen-bond donors (Lipinski definition) is 1. The lowest BCUT2D eigenvalue weighted by atomic mass is 10.0. The van der Waals surface area contributed by atoms with Crippen LogP contribution in [0.5, 0.6) is 0 Å². The minimum Gasteiger partial charge on any atom is -0.466 e. The highest BCUT2D eigenvalue weighted by atomic mass is 19.3. The SMILES string of the molecule is CCOC(=O)Cc1cc(CN)c(C(F)F)c(C)n1. The van der Waals surface area contributed by atoms with Crippen molar-refractivity contribution in [1.29, 1.82) is 0 Å². The average molecular weight is 258 g/mol. The maximum atomic E-state index is 12.8. The van der Waals surface area contributed by atoms with Crippen LogP contribution >= 0.6 is 0 Å². The molecule has 1 heterocycles. The number of nitrogens with zero attached hydrogens (tertiary/aromatic N) is 1. The molecular weight excluding hydrogens is 242 g/mol. The molecule has 0 atom stereocenters. The standard InChI is InChI=1S/C12H16F2N2O2/c1-3-18-10(17)5-9-4-8(6-15)11(12(13)14)7(2)16-9/h4,12H,3,5-6,15H2,1-2H3. The van der Waals surface area contributed by atoms with Gasteiger partial charge in [-0.25, -0.2) is 8.78 Å². The van der Waals surface area contributed by atoms with Crippen LogP contribution in [0.3, 0.4) is 0 Å².